The number of ether oxygens (including phenoxy) is 1. The maximum atomic E-state index is 6.00. The third-order valence-electron chi connectivity index (χ3n) is 2.88. The van der Waals surface area contributed by atoms with E-state index in [1.165, 1.54) is 18.0 Å². The van der Waals surface area contributed by atoms with Crippen LogP contribution >= 0.6 is 11.5 Å². The average Bonchev–Trinajstić information content (AvgIpc) is 2.74. The van der Waals surface area contributed by atoms with Gasteiger partial charge in [-0.1, -0.05) is 12.1 Å². The van der Waals surface area contributed by atoms with Gasteiger partial charge in [-0.2, -0.15) is 4.37 Å². The van der Waals surface area contributed by atoms with Crippen LogP contribution in [-0.4, -0.2) is 23.6 Å². The lowest BCUT2D eigenvalue weighted by molar-refractivity contribution is 0.174. The molecule has 2 aromatic rings. The maximum absolute atomic E-state index is 6.00. The van der Waals surface area contributed by atoms with Crippen LogP contribution in [0.5, 0.6) is 5.06 Å². The van der Waals surface area contributed by atoms with E-state index in [2.05, 4.69) is 15.8 Å². The topological polar surface area (TPSA) is 34.1 Å². The van der Waals surface area contributed by atoms with Crippen molar-refractivity contribution >= 4 is 22.4 Å². The van der Waals surface area contributed by atoms with Gasteiger partial charge in [0.2, 0.25) is 5.06 Å². The van der Waals surface area contributed by atoms with Crippen LogP contribution in [0.25, 0.3) is 10.9 Å². The fourth-order valence-corrected chi connectivity index (χ4v) is 2.81. The second-order valence-electron chi connectivity index (χ2n) is 4.07. The fraction of sp³-hybridized carbons (Fsp3) is 0.417. The number of aromatic nitrogens is 1. The highest BCUT2D eigenvalue weighted by Crippen LogP contribution is 2.31. The van der Waals surface area contributed by atoms with Gasteiger partial charge in [-0.05, 0) is 31.5 Å². The van der Waals surface area contributed by atoms with Crippen LogP contribution in [0.2, 0.25) is 0 Å². The van der Waals surface area contributed by atoms with Crippen LogP contribution in [0, 0.1) is 0 Å². The Morgan fingerprint density at radius 1 is 1.38 bits per heavy atom. The lowest BCUT2D eigenvalue weighted by atomic mass is 10.1. The quantitative estimate of drug-likeness (QED) is 0.866. The molecule has 2 heterocycles. The van der Waals surface area contributed by atoms with Crippen molar-refractivity contribution in [1.29, 1.82) is 0 Å². The Bertz CT molecular complexity index is 477. The van der Waals surface area contributed by atoms with Gasteiger partial charge in [-0.25, -0.2) is 0 Å². The molecular formula is C12H14N2OS. The Balaban J connectivity index is 1.83. The van der Waals surface area contributed by atoms with Gasteiger partial charge in [0.05, 0.1) is 10.9 Å². The molecule has 0 amide bonds. The predicted octanol–water partition coefficient (Wildman–Crippen LogP) is 2.43. The molecule has 1 fully saturated rings. The van der Waals surface area contributed by atoms with Crippen molar-refractivity contribution in [3.8, 4) is 5.06 Å². The minimum Gasteiger partial charge on any atom is -0.478 e. The van der Waals surface area contributed by atoms with Gasteiger partial charge in [-0.15, -0.1) is 0 Å². The molecule has 1 aromatic carbocycles. The molecule has 84 valence electrons. The number of rotatable bonds is 2. The van der Waals surface area contributed by atoms with E-state index >= 15 is 0 Å². The summed E-state index contributed by atoms with van der Waals surface area (Å²) < 4.78 is 10.4. The van der Waals surface area contributed by atoms with Crippen LogP contribution in [0.3, 0.4) is 0 Å². The van der Waals surface area contributed by atoms with E-state index in [4.69, 9.17) is 4.74 Å². The lowest BCUT2D eigenvalue weighted by Crippen LogP contribution is -2.37. The first-order valence-corrected chi connectivity index (χ1v) is 6.42. The van der Waals surface area contributed by atoms with E-state index in [9.17, 15) is 0 Å². The van der Waals surface area contributed by atoms with Crippen LogP contribution in [0.4, 0.5) is 0 Å². The molecule has 16 heavy (non-hydrogen) atoms. The van der Waals surface area contributed by atoms with Gasteiger partial charge in [0.15, 0.2) is 0 Å². The number of hydrogen-bond acceptors (Lipinski definition) is 4. The molecule has 0 unspecified atom stereocenters. The summed E-state index contributed by atoms with van der Waals surface area (Å²) >= 11 is 1.46. The van der Waals surface area contributed by atoms with Crippen molar-refractivity contribution in [2.45, 2.75) is 18.9 Å². The molecule has 0 aliphatic carbocycles. The summed E-state index contributed by atoms with van der Waals surface area (Å²) in [6.07, 6.45) is 2.64. The Labute approximate surface area is 98.6 Å². The van der Waals surface area contributed by atoms with E-state index in [0.29, 0.717) is 6.10 Å². The van der Waals surface area contributed by atoms with Crippen LogP contribution in [0.15, 0.2) is 24.3 Å². The second-order valence-corrected chi connectivity index (χ2v) is 4.81. The number of fused-ring (bicyclic) bond motifs is 1. The van der Waals surface area contributed by atoms with E-state index in [1.54, 1.807) is 0 Å². The van der Waals surface area contributed by atoms with Gasteiger partial charge in [0.25, 0.3) is 0 Å². The molecule has 0 radical (unpaired) electrons. The first kappa shape index (κ1) is 10.1. The summed E-state index contributed by atoms with van der Waals surface area (Å²) in [5.74, 6) is 0. The average molecular weight is 234 g/mol. The van der Waals surface area contributed by atoms with E-state index in [1.807, 2.05) is 18.2 Å². The molecule has 0 spiro atoms. The Morgan fingerprint density at radius 3 is 3.19 bits per heavy atom. The number of benzene rings is 1. The molecule has 4 heteroatoms. The highest BCUT2D eigenvalue weighted by molar-refractivity contribution is 7.09. The Hall–Kier alpha value is -1.13. The highest BCUT2D eigenvalue weighted by atomic mass is 32.1. The number of nitrogens with zero attached hydrogens (tertiary/aromatic N) is 1. The molecule has 1 aliphatic rings. The molecule has 3 nitrogen and oxygen atoms in total. The monoisotopic (exact) mass is 234 g/mol. The SMILES string of the molecule is c1ccc2c(O[C@H]3CCCNC3)snc2c1. The summed E-state index contributed by atoms with van der Waals surface area (Å²) in [6, 6.07) is 8.14. The molecule has 0 saturated carbocycles. The lowest BCUT2D eigenvalue weighted by Gasteiger charge is -2.22. The summed E-state index contributed by atoms with van der Waals surface area (Å²) in [4.78, 5) is 0. The van der Waals surface area contributed by atoms with Crippen molar-refractivity contribution in [3.05, 3.63) is 24.3 Å². The van der Waals surface area contributed by atoms with Crippen molar-refractivity contribution in [2.24, 2.45) is 0 Å². The predicted molar refractivity (Wildman–Crippen MR) is 66.1 cm³/mol. The largest absolute Gasteiger partial charge is 0.478 e. The summed E-state index contributed by atoms with van der Waals surface area (Å²) in [7, 11) is 0. The molecular weight excluding hydrogens is 220 g/mol. The minimum absolute atomic E-state index is 0.303. The molecule has 1 N–H and O–H groups in total. The highest BCUT2D eigenvalue weighted by Gasteiger charge is 2.16. The fourth-order valence-electron chi connectivity index (χ4n) is 2.02. The zero-order valence-electron chi connectivity index (χ0n) is 8.98. The molecule has 3 rings (SSSR count). The second kappa shape index (κ2) is 4.39. The maximum Gasteiger partial charge on any atom is 0.201 e. The first-order chi connectivity index (χ1) is 7.93. The molecule has 1 atom stereocenters. The van der Waals surface area contributed by atoms with E-state index in [-0.39, 0.29) is 0 Å². The molecule has 0 bridgehead atoms. The third-order valence-corrected chi connectivity index (χ3v) is 3.65. The summed E-state index contributed by atoms with van der Waals surface area (Å²) in [5, 5.41) is 5.45. The van der Waals surface area contributed by atoms with Crippen LogP contribution in [-0.2, 0) is 0 Å². The third kappa shape index (κ3) is 1.90. The normalized spacial score (nSPS) is 21.1. The molecule has 1 saturated heterocycles. The first-order valence-electron chi connectivity index (χ1n) is 5.65. The van der Waals surface area contributed by atoms with Gasteiger partial charge < -0.3 is 10.1 Å². The van der Waals surface area contributed by atoms with Crippen molar-refractivity contribution < 1.29 is 4.74 Å². The summed E-state index contributed by atoms with van der Waals surface area (Å²) in [5.41, 5.74) is 1.03. The van der Waals surface area contributed by atoms with Gasteiger partial charge in [-0.3, -0.25) is 0 Å². The van der Waals surface area contributed by atoms with Crippen molar-refractivity contribution in [1.82, 2.24) is 9.69 Å². The van der Waals surface area contributed by atoms with E-state index < -0.39 is 0 Å². The number of piperidine rings is 1. The van der Waals surface area contributed by atoms with Crippen LogP contribution < -0.4 is 10.1 Å². The van der Waals surface area contributed by atoms with Crippen molar-refractivity contribution in [3.63, 3.8) is 0 Å². The smallest absolute Gasteiger partial charge is 0.201 e. The zero-order chi connectivity index (χ0) is 10.8. The van der Waals surface area contributed by atoms with Gasteiger partial charge in [0.1, 0.15) is 6.10 Å². The Morgan fingerprint density at radius 2 is 2.31 bits per heavy atom. The Kier molecular flexibility index (Phi) is 2.76. The van der Waals surface area contributed by atoms with Gasteiger partial charge >= 0.3 is 0 Å². The zero-order valence-corrected chi connectivity index (χ0v) is 9.80. The number of hydrogen-bond donors (Lipinski definition) is 1. The van der Waals surface area contributed by atoms with E-state index in [0.717, 1.165) is 35.5 Å². The van der Waals surface area contributed by atoms with Gasteiger partial charge in [0, 0.05) is 18.1 Å². The standard InChI is InChI=1S/C12H14N2OS/c1-2-6-11-10(5-1)12(16-14-11)15-9-4-3-7-13-8-9/h1-2,5-6,9,13H,3-4,7-8H2/t9-/m0/s1. The number of nitrogens with one attached hydrogen (secondary N) is 1. The summed E-state index contributed by atoms with van der Waals surface area (Å²) in [6.45, 7) is 2.07. The molecule has 1 aromatic heterocycles. The van der Waals surface area contributed by atoms with Crippen LogP contribution in [0.1, 0.15) is 12.8 Å². The van der Waals surface area contributed by atoms with Crippen molar-refractivity contribution in [2.75, 3.05) is 13.1 Å². The minimum atomic E-state index is 0.303. The molecule has 1 aliphatic heterocycles.